The van der Waals surface area contributed by atoms with E-state index in [2.05, 4.69) is 5.32 Å². The molecule has 1 atom stereocenters. The first-order valence-electron chi connectivity index (χ1n) is 6.72. The Hall–Kier alpha value is -2.48. The summed E-state index contributed by atoms with van der Waals surface area (Å²) in [6, 6.07) is 3.48. The van der Waals surface area contributed by atoms with Crippen molar-refractivity contribution < 1.29 is 31.9 Å². The number of carbonyl (C=O) groups is 1. The minimum absolute atomic E-state index is 0.277. The number of aliphatic hydroxyl groups is 1. The fourth-order valence-corrected chi connectivity index (χ4v) is 2.06. The largest absolute Gasteiger partial charge is 0.383 e. The molecule has 0 aliphatic carbocycles. The van der Waals surface area contributed by atoms with Crippen molar-refractivity contribution in [2.75, 3.05) is 6.54 Å². The van der Waals surface area contributed by atoms with Crippen molar-refractivity contribution in [2.24, 2.45) is 0 Å². The van der Waals surface area contributed by atoms with Crippen molar-refractivity contribution in [3.63, 3.8) is 0 Å². The number of rotatable bonds is 4. The number of amides is 1. The highest BCUT2D eigenvalue weighted by molar-refractivity contribution is 5.94. The molecule has 2 aromatic carbocycles. The quantitative estimate of drug-likeness (QED) is 0.661. The maximum Gasteiger partial charge on any atom is 0.251 e. The zero-order valence-electron chi connectivity index (χ0n) is 12.3. The second kappa shape index (κ2) is 6.56. The molecular weight excluding hydrogens is 333 g/mol. The molecule has 0 radical (unpaired) electrons. The van der Waals surface area contributed by atoms with Gasteiger partial charge in [-0.05, 0) is 25.1 Å². The summed E-state index contributed by atoms with van der Waals surface area (Å²) in [5.41, 5.74) is -2.70. The van der Waals surface area contributed by atoms with Crippen LogP contribution in [0.4, 0.5) is 22.0 Å². The van der Waals surface area contributed by atoms with Crippen LogP contribution in [0.2, 0.25) is 0 Å². The zero-order valence-corrected chi connectivity index (χ0v) is 12.3. The maximum absolute atomic E-state index is 13.7. The molecule has 0 saturated heterocycles. The van der Waals surface area contributed by atoms with Gasteiger partial charge in [0.05, 0.1) is 6.54 Å². The third-order valence-electron chi connectivity index (χ3n) is 3.35. The molecule has 2 rings (SSSR count). The predicted molar refractivity (Wildman–Crippen MR) is 74.6 cm³/mol. The van der Waals surface area contributed by atoms with Gasteiger partial charge in [-0.1, -0.05) is 6.07 Å². The summed E-state index contributed by atoms with van der Waals surface area (Å²) in [5, 5.41) is 12.4. The molecule has 128 valence electrons. The average molecular weight is 345 g/mol. The Labute approximate surface area is 133 Å². The van der Waals surface area contributed by atoms with Crippen molar-refractivity contribution in [1.29, 1.82) is 0 Å². The lowest BCUT2D eigenvalue weighted by molar-refractivity contribution is 0.0494. The lowest BCUT2D eigenvalue weighted by atomic mass is 9.95. The van der Waals surface area contributed by atoms with Crippen LogP contribution >= 0.6 is 0 Å². The van der Waals surface area contributed by atoms with Crippen LogP contribution < -0.4 is 5.32 Å². The monoisotopic (exact) mass is 345 g/mol. The Morgan fingerprint density at radius 1 is 1.04 bits per heavy atom. The van der Waals surface area contributed by atoms with Crippen LogP contribution in [-0.2, 0) is 5.60 Å². The standard InChI is InChI=1S/C16H12F5NO2/c1-16(24,10-3-2-9(17)6-11(10)18)7-22-15(23)8-4-12(19)14(21)13(20)5-8/h2-6,24H,7H2,1H3,(H,22,23). The van der Waals surface area contributed by atoms with Gasteiger partial charge in [0.25, 0.3) is 5.91 Å². The van der Waals surface area contributed by atoms with Gasteiger partial charge in [-0.2, -0.15) is 0 Å². The van der Waals surface area contributed by atoms with Crippen LogP contribution in [-0.4, -0.2) is 17.6 Å². The van der Waals surface area contributed by atoms with E-state index in [1.54, 1.807) is 0 Å². The molecule has 0 saturated carbocycles. The molecule has 0 fully saturated rings. The van der Waals surface area contributed by atoms with E-state index in [1.807, 2.05) is 0 Å². The van der Waals surface area contributed by atoms with E-state index in [0.29, 0.717) is 18.2 Å². The van der Waals surface area contributed by atoms with Gasteiger partial charge in [0.15, 0.2) is 17.5 Å². The number of benzene rings is 2. The van der Waals surface area contributed by atoms with Crippen LogP contribution in [0, 0.1) is 29.1 Å². The topological polar surface area (TPSA) is 49.3 Å². The minimum Gasteiger partial charge on any atom is -0.383 e. The molecule has 24 heavy (non-hydrogen) atoms. The van der Waals surface area contributed by atoms with Gasteiger partial charge >= 0.3 is 0 Å². The minimum atomic E-state index is -1.91. The van der Waals surface area contributed by atoms with Gasteiger partial charge < -0.3 is 10.4 Å². The van der Waals surface area contributed by atoms with Crippen LogP contribution in [0.5, 0.6) is 0 Å². The third-order valence-corrected chi connectivity index (χ3v) is 3.35. The number of hydrogen-bond donors (Lipinski definition) is 2. The van der Waals surface area contributed by atoms with Crippen LogP contribution in [0.15, 0.2) is 30.3 Å². The molecule has 8 heteroatoms. The maximum atomic E-state index is 13.7. The van der Waals surface area contributed by atoms with Gasteiger partial charge in [0, 0.05) is 17.2 Å². The Kier molecular flexibility index (Phi) is 4.88. The van der Waals surface area contributed by atoms with Gasteiger partial charge in [-0.25, -0.2) is 22.0 Å². The molecule has 3 nitrogen and oxygen atoms in total. The predicted octanol–water partition coefficient (Wildman–Crippen LogP) is 3.02. The van der Waals surface area contributed by atoms with Crippen LogP contribution in [0.3, 0.4) is 0 Å². The highest BCUT2D eigenvalue weighted by atomic mass is 19.2. The summed E-state index contributed by atoms with van der Waals surface area (Å²) >= 11 is 0. The van der Waals surface area contributed by atoms with Crippen molar-refractivity contribution >= 4 is 5.91 Å². The molecule has 2 aromatic rings. The van der Waals surface area contributed by atoms with Gasteiger partial charge in [0.2, 0.25) is 0 Å². The first kappa shape index (κ1) is 17.9. The Bertz CT molecular complexity index is 769. The summed E-state index contributed by atoms with van der Waals surface area (Å²) in [4.78, 5) is 11.8. The van der Waals surface area contributed by atoms with E-state index in [0.717, 1.165) is 19.1 Å². The summed E-state index contributed by atoms with van der Waals surface area (Å²) in [7, 11) is 0. The van der Waals surface area contributed by atoms with Gasteiger partial charge in [-0.15, -0.1) is 0 Å². The van der Waals surface area contributed by atoms with Crippen molar-refractivity contribution in [2.45, 2.75) is 12.5 Å². The lowest BCUT2D eigenvalue weighted by Crippen LogP contribution is -2.39. The Balaban J connectivity index is 2.15. The van der Waals surface area contributed by atoms with E-state index in [4.69, 9.17) is 0 Å². The van der Waals surface area contributed by atoms with Gasteiger partial charge in [0.1, 0.15) is 17.2 Å². The lowest BCUT2D eigenvalue weighted by Gasteiger charge is -2.24. The second-order valence-electron chi connectivity index (χ2n) is 5.33. The second-order valence-corrected chi connectivity index (χ2v) is 5.33. The Morgan fingerprint density at radius 2 is 1.62 bits per heavy atom. The van der Waals surface area contributed by atoms with Crippen molar-refractivity contribution in [3.8, 4) is 0 Å². The van der Waals surface area contributed by atoms with E-state index in [1.165, 1.54) is 0 Å². The molecule has 0 aliphatic rings. The van der Waals surface area contributed by atoms with E-state index < -0.39 is 52.7 Å². The summed E-state index contributed by atoms with van der Waals surface area (Å²) in [6.07, 6.45) is 0. The molecule has 1 amide bonds. The SMILES string of the molecule is CC(O)(CNC(=O)c1cc(F)c(F)c(F)c1)c1ccc(F)cc1F. The summed E-state index contributed by atoms with van der Waals surface area (Å²) < 4.78 is 65.6. The number of carbonyl (C=O) groups excluding carboxylic acids is 1. The molecule has 0 aliphatic heterocycles. The zero-order chi connectivity index (χ0) is 18.1. The molecular formula is C16H12F5NO2. The van der Waals surface area contributed by atoms with Crippen molar-refractivity contribution in [1.82, 2.24) is 5.32 Å². The molecule has 0 bridgehead atoms. The van der Waals surface area contributed by atoms with Crippen LogP contribution in [0.1, 0.15) is 22.8 Å². The first-order valence-corrected chi connectivity index (χ1v) is 6.72. The number of halogens is 5. The molecule has 0 spiro atoms. The van der Waals surface area contributed by atoms with Gasteiger partial charge in [-0.3, -0.25) is 4.79 Å². The van der Waals surface area contributed by atoms with E-state index in [-0.39, 0.29) is 5.56 Å². The highest BCUT2D eigenvalue weighted by Crippen LogP contribution is 2.23. The molecule has 1 unspecified atom stereocenters. The average Bonchev–Trinajstić information content (AvgIpc) is 2.49. The van der Waals surface area contributed by atoms with Crippen LogP contribution in [0.25, 0.3) is 0 Å². The smallest absolute Gasteiger partial charge is 0.251 e. The number of hydrogen-bond acceptors (Lipinski definition) is 2. The normalized spacial score (nSPS) is 13.5. The summed E-state index contributed by atoms with van der Waals surface area (Å²) in [6.45, 7) is 0.629. The van der Waals surface area contributed by atoms with Crippen molar-refractivity contribution in [3.05, 3.63) is 70.5 Å². The molecule has 0 aromatic heterocycles. The third kappa shape index (κ3) is 3.70. The van der Waals surface area contributed by atoms with E-state index in [9.17, 15) is 31.9 Å². The fraction of sp³-hybridized carbons (Fsp3) is 0.188. The molecule has 0 heterocycles. The molecule has 2 N–H and O–H groups in total. The first-order chi connectivity index (χ1) is 11.1. The highest BCUT2D eigenvalue weighted by Gasteiger charge is 2.28. The number of nitrogens with one attached hydrogen (secondary N) is 1. The Morgan fingerprint density at radius 3 is 2.17 bits per heavy atom. The fourth-order valence-electron chi connectivity index (χ4n) is 2.06. The summed E-state index contributed by atoms with van der Waals surface area (Å²) in [5.74, 6) is -7.67. The van der Waals surface area contributed by atoms with E-state index >= 15 is 0 Å².